The fraction of sp³-hybridized carbons (Fsp3) is 0.375. The van der Waals surface area contributed by atoms with Crippen LogP contribution in [-0.4, -0.2) is 55.8 Å². The minimum Gasteiger partial charge on any atom is -0.495 e. The van der Waals surface area contributed by atoms with Gasteiger partial charge in [-0.25, -0.2) is 8.42 Å². The number of hydrogen-bond donors (Lipinski definition) is 1. The fourth-order valence-corrected chi connectivity index (χ4v) is 7.57. The molecule has 1 N–H and O–H groups in total. The number of ether oxygens (including phenoxy) is 1. The van der Waals surface area contributed by atoms with Gasteiger partial charge in [0.25, 0.3) is 15.7 Å². The van der Waals surface area contributed by atoms with Crippen molar-refractivity contribution in [3.8, 4) is 5.75 Å². The normalized spacial score (nSPS) is 14.3. The average molecular weight is 726 g/mol. The molecular weight excluding hydrogens is 691 g/mol. The van der Waals surface area contributed by atoms with Crippen molar-refractivity contribution >= 4 is 68.0 Å². The van der Waals surface area contributed by atoms with Crippen LogP contribution in [0, 0.1) is 17.0 Å². The maximum Gasteiger partial charge on any atom is 0.273 e. The molecule has 47 heavy (non-hydrogen) atoms. The summed E-state index contributed by atoms with van der Waals surface area (Å²) < 4.78 is 34.8. The third-order valence-corrected chi connectivity index (χ3v) is 10.9. The molecule has 0 aromatic heterocycles. The summed E-state index contributed by atoms with van der Waals surface area (Å²) in [6, 6.07) is 11.4. The van der Waals surface area contributed by atoms with Gasteiger partial charge in [0.1, 0.15) is 18.3 Å². The van der Waals surface area contributed by atoms with E-state index in [0.717, 1.165) is 42.5 Å². The van der Waals surface area contributed by atoms with Gasteiger partial charge >= 0.3 is 0 Å². The molecule has 1 aliphatic rings. The Labute approximate surface area is 288 Å². The van der Waals surface area contributed by atoms with Crippen LogP contribution < -0.4 is 14.4 Å². The Morgan fingerprint density at radius 1 is 1.04 bits per heavy atom. The zero-order chi connectivity index (χ0) is 34.5. The minimum absolute atomic E-state index is 0.0514. The number of nitrogens with one attached hydrogen (secondary N) is 1. The number of rotatable bonds is 12. The van der Waals surface area contributed by atoms with Gasteiger partial charge in [-0.2, -0.15) is 0 Å². The molecule has 11 nitrogen and oxygen atoms in total. The van der Waals surface area contributed by atoms with Crippen LogP contribution in [0.1, 0.15) is 50.2 Å². The van der Waals surface area contributed by atoms with Crippen LogP contribution in [0.3, 0.4) is 0 Å². The first kappa shape index (κ1) is 36.3. The molecule has 2 amide bonds. The lowest BCUT2D eigenvalue weighted by molar-refractivity contribution is -0.385. The average Bonchev–Trinajstić information content (AvgIpc) is 3.03. The van der Waals surface area contributed by atoms with Gasteiger partial charge in [0.15, 0.2) is 0 Å². The Hall–Kier alpha value is -3.58. The smallest absolute Gasteiger partial charge is 0.273 e. The van der Waals surface area contributed by atoms with Crippen LogP contribution in [0.4, 0.5) is 11.4 Å². The van der Waals surface area contributed by atoms with Crippen molar-refractivity contribution in [3.63, 3.8) is 0 Å². The van der Waals surface area contributed by atoms with E-state index in [1.54, 1.807) is 25.1 Å². The molecule has 0 spiro atoms. The molecule has 3 aromatic carbocycles. The summed E-state index contributed by atoms with van der Waals surface area (Å²) in [5.74, 6) is -1.13. The summed E-state index contributed by atoms with van der Waals surface area (Å²) in [6.45, 7) is 1.98. The van der Waals surface area contributed by atoms with Crippen molar-refractivity contribution in [1.29, 1.82) is 0 Å². The van der Waals surface area contributed by atoms with E-state index in [4.69, 9.17) is 39.5 Å². The number of nitrogens with zero attached hydrogens (tertiary/aromatic N) is 3. The Kier molecular flexibility index (Phi) is 12.0. The van der Waals surface area contributed by atoms with E-state index >= 15 is 0 Å². The summed E-state index contributed by atoms with van der Waals surface area (Å²) in [6.07, 6.45) is 4.66. The number of halogens is 3. The van der Waals surface area contributed by atoms with Gasteiger partial charge < -0.3 is 15.0 Å². The lowest BCUT2D eigenvalue weighted by Gasteiger charge is -2.34. The summed E-state index contributed by atoms with van der Waals surface area (Å²) in [5.41, 5.74) is 0.105. The van der Waals surface area contributed by atoms with Crippen molar-refractivity contribution in [2.45, 2.75) is 69.5 Å². The van der Waals surface area contributed by atoms with Crippen LogP contribution in [-0.2, 0) is 26.2 Å². The number of nitro benzene ring substituents is 1. The number of carbonyl (C=O) groups excluding carboxylic acids is 2. The highest BCUT2D eigenvalue weighted by Gasteiger charge is 2.36. The van der Waals surface area contributed by atoms with Gasteiger partial charge in [0.05, 0.1) is 22.6 Å². The molecule has 0 unspecified atom stereocenters. The molecule has 0 saturated heterocycles. The number of hydrogen-bond acceptors (Lipinski definition) is 7. The Balaban J connectivity index is 1.81. The number of sulfonamides is 1. The zero-order valence-corrected chi connectivity index (χ0v) is 29.1. The maximum absolute atomic E-state index is 14.4. The summed E-state index contributed by atoms with van der Waals surface area (Å²) >= 11 is 19.2. The predicted molar refractivity (Wildman–Crippen MR) is 182 cm³/mol. The van der Waals surface area contributed by atoms with Crippen molar-refractivity contribution in [2.75, 3.05) is 18.0 Å². The lowest BCUT2D eigenvalue weighted by Crippen LogP contribution is -2.53. The summed E-state index contributed by atoms with van der Waals surface area (Å²) in [7, 11) is -3.35. The van der Waals surface area contributed by atoms with Gasteiger partial charge in [-0.1, -0.05) is 66.2 Å². The van der Waals surface area contributed by atoms with Gasteiger partial charge in [0, 0.05) is 44.8 Å². The number of carbonyl (C=O) groups is 2. The highest BCUT2D eigenvalue weighted by Crippen LogP contribution is 2.36. The van der Waals surface area contributed by atoms with E-state index in [1.165, 1.54) is 49.3 Å². The maximum atomic E-state index is 14.4. The van der Waals surface area contributed by atoms with Crippen LogP contribution in [0.15, 0.2) is 59.5 Å². The molecule has 1 atom stereocenters. The molecule has 4 rings (SSSR count). The molecule has 252 valence electrons. The van der Waals surface area contributed by atoms with Gasteiger partial charge in [-0.3, -0.25) is 24.0 Å². The highest BCUT2D eigenvalue weighted by molar-refractivity contribution is 7.92. The van der Waals surface area contributed by atoms with E-state index in [0.29, 0.717) is 5.56 Å². The second kappa shape index (κ2) is 15.5. The SMILES string of the molecule is COc1ccc(Cl)cc1N(CC(=O)N(Cc1c(Cl)cccc1Cl)[C@H](C)C(=O)NC1CCCCC1)S(=O)(=O)c1ccc(C)c([N+](=O)[O-])c1. The third-order valence-electron chi connectivity index (χ3n) is 8.16. The monoisotopic (exact) mass is 724 g/mol. The minimum atomic E-state index is -4.67. The van der Waals surface area contributed by atoms with Crippen LogP contribution in [0.5, 0.6) is 5.75 Å². The Bertz CT molecular complexity index is 1750. The first-order valence-corrected chi connectivity index (χ1v) is 17.5. The molecular formula is C32H35Cl3N4O7S. The topological polar surface area (TPSA) is 139 Å². The van der Waals surface area contributed by atoms with Gasteiger partial charge in [0.2, 0.25) is 11.8 Å². The number of aryl methyl sites for hydroxylation is 1. The second-order valence-electron chi connectivity index (χ2n) is 11.3. The molecule has 0 heterocycles. The van der Waals surface area contributed by atoms with Crippen molar-refractivity contribution in [3.05, 3.63) is 90.9 Å². The molecule has 15 heteroatoms. The zero-order valence-electron chi connectivity index (χ0n) is 26.0. The molecule has 0 aliphatic heterocycles. The molecule has 0 bridgehead atoms. The van der Waals surface area contributed by atoms with Gasteiger partial charge in [-0.05, 0) is 63.1 Å². The lowest BCUT2D eigenvalue weighted by atomic mass is 9.95. The van der Waals surface area contributed by atoms with Crippen LogP contribution in [0.25, 0.3) is 0 Å². The van der Waals surface area contributed by atoms with Crippen molar-refractivity contribution < 1.29 is 27.7 Å². The number of nitro groups is 1. The number of amides is 2. The molecule has 3 aromatic rings. The largest absolute Gasteiger partial charge is 0.495 e. The number of methoxy groups -OCH3 is 1. The van der Waals surface area contributed by atoms with E-state index in [-0.39, 0.29) is 44.7 Å². The summed E-state index contributed by atoms with van der Waals surface area (Å²) in [5, 5.41) is 15.4. The summed E-state index contributed by atoms with van der Waals surface area (Å²) in [4.78, 5) is 39.7. The Morgan fingerprint density at radius 2 is 1.70 bits per heavy atom. The fourth-order valence-electron chi connectivity index (χ4n) is 5.45. The van der Waals surface area contributed by atoms with Crippen molar-refractivity contribution in [1.82, 2.24) is 10.2 Å². The van der Waals surface area contributed by atoms with E-state index in [9.17, 15) is 28.1 Å². The van der Waals surface area contributed by atoms with E-state index < -0.39 is 49.9 Å². The molecule has 1 fully saturated rings. The molecule has 1 saturated carbocycles. The third kappa shape index (κ3) is 8.48. The predicted octanol–water partition coefficient (Wildman–Crippen LogP) is 6.93. The first-order chi connectivity index (χ1) is 22.2. The van der Waals surface area contributed by atoms with Crippen LogP contribution in [0.2, 0.25) is 15.1 Å². The molecule has 0 radical (unpaired) electrons. The van der Waals surface area contributed by atoms with Crippen LogP contribution >= 0.6 is 34.8 Å². The first-order valence-electron chi connectivity index (χ1n) is 14.9. The van der Waals surface area contributed by atoms with E-state index in [1.807, 2.05) is 0 Å². The number of benzene rings is 3. The quantitative estimate of drug-likeness (QED) is 0.158. The second-order valence-corrected chi connectivity index (χ2v) is 14.4. The standard InChI is InChI=1S/C32H35Cl3N4O7S/c1-20-12-14-24(17-28(20)39(42)43)47(44,45)38(29-16-22(33)13-15-30(29)46-3)19-31(40)37(18-25-26(34)10-7-11-27(25)35)21(2)32(41)36-23-8-5-4-6-9-23/h7,10-17,21,23H,4-6,8-9,18-19H2,1-3H3,(H,36,41)/t21-/m1/s1. The Morgan fingerprint density at radius 3 is 2.32 bits per heavy atom. The van der Waals surface area contributed by atoms with Gasteiger partial charge in [-0.15, -0.1) is 0 Å². The van der Waals surface area contributed by atoms with Crippen molar-refractivity contribution in [2.24, 2.45) is 0 Å². The van der Waals surface area contributed by atoms with E-state index in [2.05, 4.69) is 5.32 Å². The number of anilines is 1. The highest BCUT2D eigenvalue weighted by atomic mass is 35.5. The molecule has 1 aliphatic carbocycles.